The zero-order valence-corrected chi connectivity index (χ0v) is 18.0. The molecule has 0 atom stereocenters. The van der Waals surface area contributed by atoms with E-state index >= 15 is 0 Å². The minimum Gasteiger partial charge on any atom is -0.457 e. The van der Waals surface area contributed by atoms with Gasteiger partial charge in [0.1, 0.15) is 11.5 Å². The molecule has 0 aromatic heterocycles. The fraction of sp³-hybridized carbons (Fsp3) is 0.269. The molecule has 1 fully saturated rings. The van der Waals surface area contributed by atoms with Crippen LogP contribution >= 0.6 is 0 Å². The number of carbonyl (C=O) groups excluding carboxylic acids is 1. The van der Waals surface area contributed by atoms with Gasteiger partial charge in [0.25, 0.3) is 0 Å². The lowest BCUT2D eigenvalue weighted by Crippen LogP contribution is -2.51. The molecule has 0 unspecified atom stereocenters. The Morgan fingerprint density at radius 2 is 1.55 bits per heavy atom. The number of nitrogens with one attached hydrogen (secondary N) is 1. The molecule has 0 radical (unpaired) electrons. The van der Waals surface area contributed by atoms with Crippen molar-refractivity contribution in [3.05, 3.63) is 95.6 Å². The topological polar surface area (TPSA) is 44.8 Å². The molecule has 1 aliphatic rings. The van der Waals surface area contributed by atoms with Gasteiger partial charge in [0.15, 0.2) is 0 Å². The van der Waals surface area contributed by atoms with E-state index in [0.29, 0.717) is 6.54 Å². The predicted molar refractivity (Wildman–Crippen MR) is 123 cm³/mol. The summed E-state index contributed by atoms with van der Waals surface area (Å²) in [7, 11) is 0. The van der Waals surface area contributed by atoms with E-state index in [1.54, 1.807) is 0 Å². The minimum atomic E-state index is 0.0125. The van der Waals surface area contributed by atoms with E-state index in [1.807, 2.05) is 47.4 Å². The summed E-state index contributed by atoms with van der Waals surface area (Å²) < 4.78 is 5.95. The Labute approximate surface area is 184 Å². The highest BCUT2D eigenvalue weighted by Crippen LogP contribution is 2.22. The van der Waals surface area contributed by atoms with Gasteiger partial charge in [-0.15, -0.1) is 0 Å². The summed E-state index contributed by atoms with van der Waals surface area (Å²) in [6.45, 7) is 6.68. The van der Waals surface area contributed by atoms with Gasteiger partial charge in [-0.05, 0) is 42.3 Å². The van der Waals surface area contributed by atoms with E-state index in [1.165, 1.54) is 11.1 Å². The summed E-state index contributed by atoms with van der Waals surface area (Å²) >= 11 is 0. The normalized spacial score (nSPS) is 14.3. The molecule has 5 nitrogen and oxygen atoms in total. The molecule has 1 aliphatic heterocycles. The van der Waals surface area contributed by atoms with Gasteiger partial charge in [-0.1, -0.05) is 60.2 Å². The molecular formula is C26H29N3O2. The Kier molecular flexibility index (Phi) is 6.85. The number of benzene rings is 3. The number of hydrogen-bond donors (Lipinski definition) is 1. The first-order valence-electron chi connectivity index (χ1n) is 10.8. The number of para-hydroxylation sites is 1. The smallest absolute Gasteiger partial charge is 0.317 e. The maximum absolute atomic E-state index is 12.5. The van der Waals surface area contributed by atoms with Gasteiger partial charge >= 0.3 is 6.03 Å². The molecule has 2 amide bonds. The van der Waals surface area contributed by atoms with Crippen LogP contribution in [0, 0.1) is 6.92 Å². The fourth-order valence-electron chi connectivity index (χ4n) is 3.69. The van der Waals surface area contributed by atoms with Crippen LogP contribution in [-0.2, 0) is 13.1 Å². The zero-order chi connectivity index (χ0) is 21.5. The second-order valence-electron chi connectivity index (χ2n) is 7.97. The standard InChI is InChI=1S/C26H29N3O2/c1-21-10-12-22(13-11-21)19-27-26(30)29-16-14-28(15-17-29)20-23-6-5-9-25(18-23)31-24-7-3-2-4-8-24/h2-13,18H,14-17,19-20H2,1H3,(H,27,30). The number of rotatable bonds is 6. The van der Waals surface area contributed by atoms with Crippen LogP contribution in [0.4, 0.5) is 4.79 Å². The fourth-order valence-corrected chi connectivity index (χ4v) is 3.69. The third kappa shape index (κ3) is 6.09. The molecule has 5 heteroatoms. The third-order valence-electron chi connectivity index (χ3n) is 5.51. The van der Waals surface area contributed by atoms with Crippen LogP contribution in [0.15, 0.2) is 78.9 Å². The molecule has 3 aromatic rings. The average Bonchev–Trinajstić information content (AvgIpc) is 2.80. The largest absolute Gasteiger partial charge is 0.457 e. The molecule has 31 heavy (non-hydrogen) atoms. The van der Waals surface area contributed by atoms with Gasteiger partial charge in [0.2, 0.25) is 0 Å². The Morgan fingerprint density at radius 1 is 0.839 bits per heavy atom. The van der Waals surface area contributed by atoms with Crippen molar-refractivity contribution < 1.29 is 9.53 Å². The third-order valence-corrected chi connectivity index (χ3v) is 5.51. The molecule has 1 N–H and O–H groups in total. The second kappa shape index (κ2) is 10.1. The van der Waals surface area contributed by atoms with E-state index in [0.717, 1.165) is 49.8 Å². The molecule has 1 saturated heterocycles. The second-order valence-corrected chi connectivity index (χ2v) is 7.97. The number of ether oxygens (including phenoxy) is 1. The van der Waals surface area contributed by atoms with Crippen molar-refractivity contribution in [1.82, 2.24) is 15.1 Å². The highest BCUT2D eigenvalue weighted by Gasteiger charge is 2.21. The maximum Gasteiger partial charge on any atom is 0.317 e. The Hall–Kier alpha value is -3.31. The molecular weight excluding hydrogens is 386 g/mol. The van der Waals surface area contributed by atoms with E-state index in [4.69, 9.17) is 4.74 Å². The van der Waals surface area contributed by atoms with Crippen molar-refractivity contribution in [3.8, 4) is 11.5 Å². The minimum absolute atomic E-state index is 0.0125. The lowest BCUT2D eigenvalue weighted by Gasteiger charge is -2.34. The molecule has 0 saturated carbocycles. The summed E-state index contributed by atoms with van der Waals surface area (Å²) in [6.07, 6.45) is 0. The Bertz CT molecular complexity index is 981. The van der Waals surface area contributed by atoms with Crippen LogP contribution < -0.4 is 10.1 Å². The van der Waals surface area contributed by atoms with Gasteiger partial charge in [0, 0.05) is 39.3 Å². The monoisotopic (exact) mass is 415 g/mol. The van der Waals surface area contributed by atoms with Crippen molar-refractivity contribution in [2.45, 2.75) is 20.0 Å². The number of urea groups is 1. The highest BCUT2D eigenvalue weighted by atomic mass is 16.5. The van der Waals surface area contributed by atoms with Crippen LogP contribution in [0.3, 0.4) is 0 Å². The number of hydrogen-bond acceptors (Lipinski definition) is 3. The number of piperazine rings is 1. The lowest BCUT2D eigenvalue weighted by molar-refractivity contribution is 0.135. The van der Waals surface area contributed by atoms with E-state index in [2.05, 4.69) is 53.5 Å². The van der Waals surface area contributed by atoms with Gasteiger partial charge < -0.3 is 15.0 Å². The summed E-state index contributed by atoms with van der Waals surface area (Å²) in [5, 5.41) is 3.04. The summed E-state index contributed by atoms with van der Waals surface area (Å²) in [6, 6.07) is 26.3. The summed E-state index contributed by atoms with van der Waals surface area (Å²) in [5.74, 6) is 1.68. The van der Waals surface area contributed by atoms with E-state index in [9.17, 15) is 4.79 Å². The molecule has 160 valence electrons. The molecule has 1 heterocycles. The number of carbonyl (C=O) groups is 1. The molecule has 0 aliphatic carbocycles. The lowest BCUT2D eigenvalue weighted by atomic mass is 10.1. The van der Waals surface area contributed by atoms with Crippen molar-refractivity contribution in [3.63, 3.8) is 0 Å². The SMILES string of the molecule is Cc1ccc(CNC(=O)N2CCN(Cc3cccc(Oc4ccccc4)c3)CC2)cc1. The molecule has 4 rings (SSSR count). The highest BCUT2D eigenvalue weighted by molar-refractivity contribution is 5.74. The van der Waals surface area contributed by atoms with Gasteiger partial charge in [-0.2, -0.15) is 0 Å². The number of amides is 2. The first-order valence-corrected chi connectivity index (χ1v) is 10.8. The van der Waals surface area contributed by atoms with Crippen LogP contribution in [0.5, 0.6) is 11.5 Å². The van der Waals surface area contributed by atoms with Crippen molar-refractivity contribution in [1.29, 1.82) is 0 Å². The first-order chi connectivity index (χ1) is 15.2. The maximum atomic E-state index is 12.5. The van der Waals surface area contributed by atoms with Crippen molar-refractivity contribution in [2.24, 2.45) is 0 Å². The molecule has 0 bridgehead atoms. The van der Waals surface area contributed by atoms with Crippen LogP contribution in [0.1, 0.15) is 16.7 Å². The van der Waals surface area contributed by atoms with Crippen LogP contribution in [0.2, 0.25) is 0 Å². The van der Waals surface area contributed by atoms with Gasteiger partial charge in [0.05, 0.1) is 0 Å². The van der Waals surface area contributed by atoms with Gasteiger partial charge in [-0.25, -0.2) is 4.79 Å². The molecule has 0 spiro atoms. The quantitative estimate of drug-likeness (QED) is 0.628. The van der Waals surface area contributed by atoms with Gasteiger partial charge in [-0.3, -0.25) is 4.90 Å². The Morgan fingerprint density at radius 3 is 2.29 bits per heavy atom. The number of nitrogens with zero attached hydrogens (tertiary/aromatic N) is 2. The van der Waals surface area contributed by atoms with Crippen LogP contribution in [0.25, 0.3) is 0 Å². The number of aryl methyl sites for hydroxylation is 1. The van der Waals surface area contributed by atoms with Crippen molar-refractivity contribution in [2.75, 3.05) is 26.2 Å². The van der Waals surface area contributed by atoms with Crippen molar-refractivity contribution >= 4 is 6.03 Å². The summed E-state index contributed by atoms with van der Waals surface area (Å²) in [4.78, 5) is 16.8. The van der Waals surface area contributed by atoms with E-state index in [-0.39, 0.29) is 6.03 Å². The van der Waals surface area contributed by atoms with E-state index < -0.39 is 0 Å². The summed E-state index contributed by atoms with van der Waals surface area (Å²) in [5.41, 5.74) is 3.56. The average molecular weight is 416 g/mol. The first kappa shape index (κ1) is 20.9. The zero-order valence-electron chi connectivity index (χ0n) is 18.0. The van der Waals surface area contributed by atoms with Crippen LogP contribution in [-0.4, -0.2) is 42.0 Å². The molecule has 3 aromatic carbocycles. The predicted octanol–water partition coefficient (Wildman–Crippen LogP) is 4.81. The Balaban J connectivity index is 1.24.